The molecule has 0 unspecified atom stereocenters. The monoisotopic (exact) mass is 380 g/mol. The van der Waals surface area contributed by atoms with Crippen LogP contribution in [0.1, 0.15) is 11.5 Å². The molecule has 8 heteroatoms. The van der Waals surface area contributed by atoms with Gasteiger partial charge in [-0.3, -0.25) is 4.79 Å². The molecule has 2 aromatic carbocycles. The topological polar surface area (TPSA) is 65.2 Å². The summed E-state index contributed by atoms with van der Waals surface area (Å²) in [5.41, 5.74) is 1.08. The maximum Gasteiger partial charge on any atom is 0.310 e. The third-order valence-electron chi connectivity index (χ3n) is 3.31. The Bertz CT molecular complexity index is 877. The van der Waals surface area contributed by atoms with Crippen molar-refractivity contribution < 1.29 is 18.4 Å². The first-order chi connectivity index (χ1) is 12.0. The number of ether oxygens (including phenoxy) is 1. The third kappa shape index (κ3) is 4.35. The van der Waals surface area contributed by atoms with E-state index in [9.17, 15) is 9.18 Å². The highest BCUT2D eigenvalue weighted by molar-refractivity contribution is 6.36. The lowest BCUT2D eigenvalue weighted by molar-refractivity contribution is -0.144. The quantitative estimate of drug-likeness (QED) is 0.611. The van der Waals surface area contributed by atoms with Gasteiger partial charge in [0.05, 0.1) is 6.42 Å². The third-order valence-corrected chi connectivity index (χ3v) is 4.02. The highest BCUT2D eigenvalue weighted by atomic mass is 35.5. The van der Waals surface area contributed by atoms with E-state index in [0.717, 1.165) is 0 Å². The zero-order valence-electron chi connectivity index (χ0n) is 12.7. The van der Waals surface area contributed by atoms with Crippen LogP contribution in [0, 0.1) is 5.82 Å². The van der Waals surface area contributed by atoms with Crippen molar-refractivity contribution in [3.05, 3.63) is 69.8 Å². The van der Waals surface area contributed by atoms with E-state index in [4.69, 9.17) is 32.5 Å². The summed E-state index contributed by atoms with van der Waals surface area (Å²) in [5, 5.41) is 4.54. The second-order valence-corrected chi connectivity index (χ2v) is 5.87. The predicted molar refractivity (Wildman–Crippen MR) is 89.7 cm³/mol. The van der Waals surface area contributed by atoms with Crippen LogP contribution < -0.4 is 0 Å². The van der Waals surface area contributed by atoms with Gasteiger partial charge >= 0.3 is 5.97 Å². The SMILES string of the molecule is O=C(Cc1c(Cl)cccc1Cl)OCc1nc(-c2ccc(F)cc2)no1. The summed E-state index contributed by atoms with van der Waals surface area (Å²) in [6, 6.07) is 10.6. The normalized spacial score (nSPS) is 10.7. The Labute approximate surface area is 152 Å². The van der Waals surface area contributed by atoms with E-state index in [2.05, 4.69) is 10.1 Å². The van der Waals surface area contributed by atoms with E-state index in [1.165, 1.54) is 24.3 Å². The molecule has 5 nitrogen and oxygen atoms in total. The Morgan fingerprint density at radius 3 is 2.48 bits per heavy atom. The van der Waals surface area contributed by atoms with Gasteiger partial charge in [-0.25, -0.2) is 4.39 Å². The molecule has 0 aliphatic rings. The van der Waals surface area contributed by atoms with Gasteiger partial charge in [-0.1, -0.05) is 34.4 Å². The highest BCUT2D eigenvalue weighted by Gasteiger charge is 2.14. The number of rotatable bonds is 5. The molecule has 0 aliphatic heterocycles. The Morgan fingerprint density at radius 2 is 1.80 bits per heavy atom. The highest BCUT2D eigenvalue weighted by Crippen LogP contribution is 2.25. The van der Waals surface area contributed by atoms with Gasteiger partial charge in [-0.05, 0) is 36.4 Å². The minimum absolute atomic E-state index is 0.0720. The van der Waals surface area contributed by atoms with Crippen LogP contribution in [0.2, 0.25) is 10.0 Å². The average Bonchev–Trinajstić information content (AvgIpc) is 3.06. The number of hydrogen-bond donors (Lipinski definition) is 0. The molecule has 3 rings (SSSR count). The molecule has 128 valence electrons. The number of carbonyl (C=O) groups excluding carboxylic acids is 1. The number of aromatic nitrogens is 2. The van der Waals surface area contributed by atoms with Gasteiger partial charge in [0.25, 0.3) is 5.89 Å². The molecule has 0 N–H and O–H groups in total. The fraction of sp³-hybridized carbons (Fsp3) is 0.118. The summed E-state index contributed by atoms with van der Waals surface area (Å²) < 4.78 is 23.0. The van der Waals surface area contributed by atoms with Crippen LogP contribution in [0.25, 0.3) is 11.4 Å². The van der Waals surface area contributed by atoms with Gasteiger partial charge in [0.1, 0.15) is 5.82 Å². The van der Waals surface area contributed by atoms with Gasteiger partial charge in [0.15, 0.2) is 6.61 Å². The summed E-state index contributed by atoms with van der Waals surface area (Å²) in [4.78, 5) is 16.0. The van der Waals surface area contributed by atoms with Crippen LogP contribution in [0.15, 0.2) is 47.0 Å². The Balaban J connectivity index is 1.60. The first-order valence-electron chi connectivity index (χ1n) is 7.20. The largest absolute Gasteiger partial charge is 0.455 e. The number of carbonyl (C=O) groups is 1. The maximum atomic E-state index is 12.9. The molecule has 25 heavy (non-hydrogen) atoms. The molecule has 0 saturated heterocycles. The van der Waals surface area contributed by atoms with Gasteiger partial charge in [-0.2, -0.15) is 4.98 Å². The molecular formula is C17H11Cl2FN2O3. The molecule has 1 heterocycles. The van der Waals surface area contributed by atoms with E-state index < -0.39 is 5.97 Å². The van der Waals surface area contributed by atoms with Crippen molar-refractivity contribution in [1.29, 1.82) is 0 Å². The number of hydrogen-bond acceptors (Lipinski definition) is 5. The lowest BCUT2D eigenvalue weighted by Crippen LogP contribution is -2.09. The Hall–Kier alpha value is -2.44. The van der Waals surface area contributed by atoms with Crippen molar-refractivity contribution in [2.24, 2.45) is 0 Å². The van der Waals surface area contributed by atoms with Gasteiger partial charge < -0.3 is 9.26 Å². The molecule has 3 aromatic rings. The molecule has 0 atom stereocenters. The van der Waals surface area contributed by atoms with Crippen LogP contribution in [-0.4, -0.2) is 16.1 Å². The first-order valence-corrected chi connectivity index (χ1v) is 7.95. The molecule has 0 spiro atoms. The molecular weight excluding hydrogens is 370 g/mol. The zero-order valence-corrected chi connectivity index (χ0v) is 14.2. The summed E-state index contributed by atoms with van der Waals surface area (Å²) in [7, 11) is 0. The molecule has 1 aromatic heterocycles. The Kier molecular flexibility index (Phi) is 5.31. The Morgan fingerprint density at radius 1 is 1.12 bits per heavy atom. The second-order valence-electron chi connectivity index (χ2n) is 5.06. The van der Waals surface area contributed by atoms with Crippen LogP contribution in [0.3, 0.4) is 0 Å². The van der Waals surface area contributed by atoms with Crippen LogP contribution in [-0.2, 0) is 22.6 Å². The van der Waals surface area contributed by atoms with Crippen molar-refractivity contribution >= 4 is 29.2 Å². The van der Waals surface area contributed by atoms with E-state index in [-0.39, 0.29) is 30.6 Å². The van der Waals surface area contributed by atoms with Gasteiger partial charge in [-0.15, -0.1) is 0 Å². The molecule has 0 aliphatic carbocycles. The molecule has 0 radical (unpaired) electrons. The lowest BCUT2D eigenvalue weighted by Gasteiger charge is -2.06. The van der Waals surface area contributed by atoms with E-state index in [1.807, 2.05) is 0 Å². The number of halogens is 3. The molecule has 0 bridgehead atoms. The zero-order chi connectivity index (χ0) is 17.8. The fourth-order valence-electron chi connectivity index (χ4n) is 2.07. The minimum atomic E-state index is -0.531. The standard InChI is InChI=1S/C17H11Cl2FN2O3/c18-13-2-1-3-14(19)12(13)8-16(23)24-9-15-21-17(22-25-15)10-4-6-11(20)7-5-10/h1-7H,8-9H2. The van der Waals surface area contributed by atoms with Crippen molar-refractivity contribution in [2.45, 2.75) is 13.0 Å². The summed E-state index contributed by atoms with van der Waals surface area (Å²) in [6.45, 7) is -0.185. The molecule has 0 fully saturated rings. The van der Waals surface area contributed by atoms with E-state index in [1.54, 1.807) is 18.2 Å². The first kappa shape index (κ1) is 17.4. The number of nitrogens with zero attached hydrogens (tertiary/aromatic N) is 2. The van der Waals surface area contributed by atoms with Crippen LogP contribution in [0.5, 0.6) is 0 Å². The number of esters is 1. The van der Waals surface area contributed by atoms with Crippen molar-refractivity contribution in [3.8, 4) is 11.4 Å². The summed E-state index contributed by atoms with van der Waals surface area (Å²) >= 11 is 12.0. The smallest absolute Gasteiger partial charge is 0.310 e. The molecule has 0 saturated carbocycles. The summed E-state index contributed by atoms with van der Waals surface area (Å²) in [5.74, 6) is -0.491. The van der Waals surface area contributed by atoms with Crippen molar-refractivity contribution in [2.75, 3.05) is 0 Å². The fourth-order valence-corrected chi connectivity index (χ4v) is 2.60. The predicted octanol–water partition coefficient (Wildman–Crippen LogP) is 4.47. The van der Waals surface area contributed by atoms with Crippen molar-refractivity contribution in [3.63, 3.8) is 0 Å². The van der Waals surface area contributed by atoms with Crippen LogP contribution >= 0.6 is 23.2 Å². The molecule has 0 amide bonds. The minimum Gasteiger partial charge on any atom is -0.455 e. The van der Waals surface area contributed by atoms with Crippen LogP contribution in [0.4, 0.5) is 4.39 Å². The lowest BCUT2D eigenvalue weighted by atomic mass is 10.1. The summed E-state index contributed by atoms with van der Waals surface area (Å²) in [6.07, 6.45) is -0.0720. The van der Waals surface area contributed by atoms with Crippen molar-refractivity contribution in [1.82, 2.24) is 10.1 Å². The average molecular weight is 381 g/mol. The van der Waals surface area contributed by atoms with E-state index in [0.29, 0.717) is 21.2 Å². The van der Waals surface area contributed by atoms with Gasteiger partial charge in [0.2, 0.25) is 5.82 Å². The second kappa shape index (κ2) is 7.63. The van der Waals surface area contributed by atoms with Gasteiger partial charge in [0, 0.05) is 21.2 Å². The maximum absolute atomic E-state index is 12.9. The number of benzene rings is 2. The van der Waals surface area contributed by atoms with E-state index >= 15 is 0 Å².